The summed E-state index contributed by atoms with van der Waals surface area (Å²) in [7, 11) is 0. The summed E-state index contributed by atoms with van der Waals surface area (Å²) in [6, 6.07) is 33.9. The van der Waals surface area contributed by atoms with Gasteiger partial charge in [-0.1, -0.05) is 78.9 Å². The Kier molecular flexibility index (Phi) is 6.48. The van der Waals surface area contributed by atoms with E-state index in [1.807, 2.05) is 42.5 Å². The van der Waals surface area contributed by atoms with Gasteiger partial charge in [0, 0.05) is 11.1 Å². The second-order valence-electron chi connectivity index (χ2n) is 6.87. The second kappa shape index (κ2) is 10.00. The van der Waals surface area contributed by atoms with Gasteiger partial charge in [0.2, 0.25) is 5.78 Å². The van der Waals surface area contributed by atoms with Gasteiger partial charge in [0.05, 0.1) is 5.69 Å². The fourth-order valence-electron chi connectivity index (χ4n) is 2.97. The lowest BCUT2D eigenvalue weighted by molar-refractivity contribution is 0.103. The van der Waals surface area contributed by atoms with Crippen molar-refractivity contribution < 1.29 is 14.6 Å². The molecule has 0 radical (unpaired) electrons. The van der Waals surface area contributed by atoms with Crippen LogP contribution in [-0.2, 0) is 0 Å². The molecule has 0 fully saturated rings. The highest BCUT2D eigenvalue weighted by atomic mass is 16.5. The first-order valence-corrected chi connectivity index (χ1v) is 10.0. The summed E-state index contributed by atoms with van der Waals surface area (Å²) in [6.07, 6.45) is 0. The normalized spacial score (nSPS) is 11.8. The van der Waals surface area contributed by atoms with Crippen molar-refractivity contribution in [1.29, 1.82) is 0 Å². The number of azo groups is 1. The molecule has 5 nitrogen and oxygen atoms in total. The number of aliphatic hydroxyl groups is 1. The van der Waals surface area contributed by atoms with Crippen molar-refractivity contribution in [2.45, 2.75) is 0 Å². The van der Waals surface area contributed by atoms with Crippen molar-refractivity contribution >= 4 is 17.2 Å². The molecule has 4 aromatic rings. The quantitative estimate of drug-likeness (QED) is 0.147. The van der Waals surface area contributed by atoms with Crippen LogP contribution in [0.15, 0.2) is 131 Å². The van der Waals surface area contributed by atoms with Gasteiger partial charge in [-0.25, -0.2) is 0 Å². The Balaban J connectivity index is 1.61. The summed E-state index contributed by atoms with van der Waals surface area (Å²) < 4.78 is 5.78. The number of carbonyl (C=O) groups is 1. The van der Waals surface area contributed by atoms with Crippen LogP contribution >= 0.6 is 0 Å². The molecule has 5 heteroatoms. The third-order valence-electron chi connectivity index (χ3n) is 4.60. The van der Waals surface area contributed by atoms with Gasteiger partial charge in [-0.2, -0.15) is 5.11 Å². The number of Topliss-reactive ketones (excluding diaryl/α,β-unsaturated/α-hetero) is 1. The van der Waals surface area contributed by atoms with Crippen molar-refractivity contribution in [1.82, 2.24) is 0 Å². The minimum absolute atomic E-state index is 0.132. The molecule has 0 aliphatic rings. The first-order valence-electron chi connectivity index (χ1n) is 10.0. The monoisotopic (exact) mass is 420 g/mol. The number of allylic oxidation sites excluding steroid dienone is 1. The molecule has 0 aromatic heterocycles. The van der Waals surface area contributed by atoms with E-state index in [1.54, 1.807) is 72.8 Å². The first-order chi connectivity index (χ1) is 15.7. The highest BCUT2D eigenvalue weighted by Gasteiger charge is 2.18. The topological polar surface area (TPSA) is 71.2 Å². The number of nitrogens with zero attached hydrogens (tertiary/aromatic N) is 2. The summed E-state index contributed by atoms with van der Waals surface area (Å²) >= 11 is 0. The fraction of sp³-hybridized carbons (Fsp3) is 0. The zero-order chi connectivity index (χ0) is 22.2. The molecule has 0 spiro atoms. The van der Waals surface area contributed by atoms with Crippen LogP contribution in [0.4, 0.5) is 5.69 Å². The molecule has 0 aliphatic carbocycles. The Bertz CT molecular complexity index is 1230. The number of hydrogen-bond donors (Lipinski definition) is 1. The van der Waals surface area contributed by atoms with E-state index in [2.05, 4.69) is 10.2 Å². The minimum Gasteiger partial charge on any atom is -0.505 e. The van der Waals surface area contributed by atoms with Gasteiger partial charge in [-0.15, -0.1) is 5.11 Å². The molecule has 0 atom stereocenters. The van der Waals surface area contributed by atoms with Gasteiger partial charge in [-0.3, -0.25) is 4.79 Å². The average Bonchev–Trinajstić information content (AvgIpc) is 2.86. The van der Waals surface area contributed by atoms with E-state index < -0.39 is 5.78 Å². The average molecular weight is 420 g/mol. The van der Waals surface area contributed by atoms with Crippen LogP contribution in [0.3, 0.4) is 0 Å². The number of carbonyl (C=O) groups excluding carboxylic acids is 1. The van der Waals surface area contributed by atoms with Gasteiger partial charge in [0.1, 0.15) is 11.5 Å². The predicted molar refractivity (Wildman–Crippen MR) is 124 cm³/mol. The van der Waals surface area contributed by atoms with Crippen LogP contribution in [0.1, 0.15) is 15.9 Å². The standard InChI is InChI=1S/C27H20N2O3/c30-26(20-10-4-1-5-11-20)25(27(31)21-12-6-2-7-13-21)29-28-22-16-18-24(19-17-22)32-23-14-8-3-9-15-23/h1-19,30H. The molecular formula is C27H20N2O3. The largest absolute Gasteiger partial charge is 0.505 e. The van der Waals surface area contributed by atoms with E-state index >= 15 is 0 Å². The van der Waals surface area contributed by atoms with Crippen LogP contribution in [0.2, 0.25) is 0 Å². The molecule has 32 heavy (non-hydrogen) atoms. The number of rotatable bonds is 7. The Labute approximate surface area is 186 Å². The number of ketones is 1. The van der Waals surface area contributed by atoms with Gasteiger partial charge in [-0.05, 0) is 36.4 Å². The zero-order valence-corrected chi connectivity index (χ0v) is 17.1. The Morgan fingerprint density at radius 3 is 1.72 bits per heavy atom. The lowest BCUT2D eigenvalue weighted by Gasteiger charge is -2.07. The van der Waals surface area contributed by atoms with Crippen LogP contribution in [-0.4, -0.2) is 10.9 Å². The number of benzene rings is 4. The van der Waals surface area contributed by atoms with Crippen LogP contribution < -0.4 is 4.74 Å². The summed E-state index contributed by atoms with van der Waals surface area (Å²) in [4.78, 5) is 13.0. The lowest BCUT2D eigenvalue weighted by Crippen LogP contribution is -2.04. The van der Waals surface area contributed by atoms with Crippen molar-refractivity contribution in [2.75, 3.05) is 0 Å². The number of aliphatic hydroxyl groups excluding tert-OH is 1. The molecule has 0 bridgehead atoms. The molecule has 0 saturated heterocycles. The molecule has 0 amide bonds. The summed E-state index contributed by atoms with van der Waals surface area (Å²) in [5, 5.41) is 19.1. The maximum atomic E-state index is 13.0. The highest BCUT2D eigenvalue weighted by Crippen LogP contribution is 2.26. The Morgan fingerprint density at radius 2 is 1.12 bits per heavy atom. The number of hydrogen-bond acceptors (Lipinski definition) is 5. The number of ether oxygens (including phenoxy) is 1. The van der Waals surface area contributed by atoms with Gasteiger partial charge in [0.25, 0.3) is 0 Å². The van der Waals surface area contributed by atoms with Crippen LogP contribution in [0.25, 0.3) is 5.76 Å². The Hall–Kier alpha value is -4.51. The van der Waals surface area contributed by atoms with E-state index in [4.69, 9.17) is 4.74 Å². The number of para-hydroxylation sites is 1. The molecule has 0 heterocycles. The van der Waals surface area contributed by atoms with Crippen molar-refractivity contribution in [3.8, 4) is 11.5 Å². The fourth-order valence-corrected chi connectivity index (χ4v) is 2.97. The van der Waals surface area contributed by atoms with E-state index in [-0.39, 0.29) is 11.5 Å². The Morgan fingerprint density at radius 1 is 0.625 bits per heavy atom. The molecular weight excluding hydrogens is 400 g/mol. The molecule has 0 saturated carbocycles. The molecule has 0 aliphatic heterocycles. The van der Waals surface area contributed by atoms with Crippen molar-refractivity contribution in [3.05, 3.63) is 132 Å². The van der Waals surface area contributed by atoms with Gasteiger partial charge in [0.15, 0.2) is 11.5 Å². The van der Waals surface area contributed by atoms with Gasteiger partial charge < -0.3 is 9.84 Å². The minimum atomic E-state index is -0.417. The predicted octanol–water partition coefficient (Wildman–Crippen LogP) is 7.37. The summed E-state index contributed by atoms with van der Waals surface area (Å²) in [6.45, 7) is 0. The maximum Gasteiger partial charge on any atom is 0.217 e. The third-order valence-corrected chi connectivity index (χ3v) is 4.60. The van der Waals surface area contributed by atoms with Crippen molar-refractivity contribution in [2.24, 2.45) is 10.2 Å². The lowest BCUT2D eigenvalue weighted by atomic mass is 10.1. The molecule has 1 N–H and O–H groups in total. The van der Waals surface area contributed by atoms with E-state index in [1.165, 1.54) is 0 Å². The van der Waals surface area contributed by atoms with Crippen LogP contribution in [0, 0.1) is 0 Å². The third kappa shape index (κ3) is 5.15. The smallest absolute Gasteiger partial charge is 0.217 e. The van der Waals surface area contributed by atoms with Crippen LogP contribution in [0.5, 0.6) is 11.5 Å². The molecule has 156 valence electrons. The second-order valence-corrected chi connectivity index (χ2v) is 6.87. The SMILES string of the molecule is O=C(C(N=Nc1ccc(Oc2ccccc2)cc1)=C(O)c1ccccc1)c1ccccc1. The highest BCUT2D eigenvalue weighted by molar-refractivity contribution is 6.12. The summed E-state index contributed by atoms with van der Waals surface area (Å²) in [5.41, 5.74) is 1.28. The van der Waals surface area contributed by atoms with E-state index in [9.17, 15) is 9.90 Å². The van der Waals surface area contributed by atoms with Crippen molar-refractivity contribution in [3.63, 3.8) is 0 Å². The molecule has 4 aromatic carbocycles. The maximum absolute atomic E-state index is 13.0. The first kappa shape index (κ1) is 20.8. The molecule has 0 unspecified atom stereocenters. The zero-order valence-electron chi connectivity index (χ0n) is 17.1. The van der Waals surface area contributed by atoms with E-state index in [0.29, 0.717) is 22.6 Å². The van der Waals surface area contributed by atoms with Gasteiger partial charge >= 0.3 is 0 Å². The molecule has 4 rings (SSSR count). The van der Waals surface area contributed by atoms with E-state index in [0.717, 1.165) is 5.75 Å². The summed E-state index contributed by atoms with van der Waals surface area (Å²) in [5.74, 6) is 0.735.